The number of aryl methyl sites for hydroxylation is 3. The molecule has 0 radical (unpaired) electrons. The zero-order valence-corrected chi connectivity index (χ0v) is 11.5. The van der Waals surface area contributed by atoms with Crippen LogP contribution in [0.3, 0.4) is 0 Å². The van der Waals surface area contributed by atoms with Gasteiger partial charge in [0.25, 0.3) is 0 Å². The highest BCUT2D eigenvalue weighted by Gasteiger charge is 2.20. The van der Waals surface area contributed by atoms with Gasteiger partial charge in [0, 0.05) is 10.8 Å². The summed E-state index contributed by atoms with van der Waals surface area (Å²) in [5, 5.41) is 1.19. The van der Waals surface area contributed by atoms with Crippen LogP contribution in [0.2, 0.25) is 0 Å². The maximum atomic E-state index is 4.63. The van der Waals surface area contributed by atoms with Gasteiger partial charge in [0.15, 0.2) is 0 Å². The first kappa shape index (κ1) is 12.0. The van der Waals surface area contributed by atoms with Crippen LogP contribution >= 0.6 is 0 Å². The molecule has 1 heterocycles. The lowest BCUT2D eigenvalue weighted by atomic mass is 9.88. The molecule has 0 unspecified atom stereocenters. The average molecular weight is 228 g/mol. The van der Waals surface area contributed by atoms with Crippen LogP contribution in [0, 0.1) is 20.8 Å². The van der Waals surface area contributed by atoms with E-state index in [9.17, 15) is 0 Å². The third-order valence-electron chi connectivity index (χ3n) is 3.13. The molecule has 0 aliphatic carbocycles. The van der Waals surface area contributed by atoms with Crippen molar-refractivity contribution in [2.24, 2.45) is 0 Å². The van der Waals surface area contributed by atoms with Crippen molar-refractivity contribution in [2.45, 2.75) is 47.0 Å². The molecular weight excluding hydrogens is 208 g/mol. The number of hydrogen-bond acceptors (Lipinski definition) is 2. The van der Waals surface area contributed by atoms with Crippen LogP contribution in [-0.4, -0.2) is 9.97 Å². The van der Waals surface area contributed by atoms with Gasteiger partial charge in [-0.2, -0.15) is 0 Å². The van der Waals surface area contributed by atoms with E-state index in [0.29, 0.717) is 0 Å². The van der Waals surface area contributed by atoms with Crippen molar-refractivity contribution >= 4 is 10.9 Å². The number of nitrogens with zero attached hydrogens (tertiary/aromatic N) is 2. The van der Waals surface area contributed by atoms with Crippen molar-refractivity contribution in [3.05, 3.63) is 34.8 Å². The lowest BCUT2D eigenvalue weighted by molar-refractivity contribution is 0.571. The Morgan fingerprint density at radius 3 is 2.06 bits per heavy atom. The van der Waals surface area contributed by atoms with E-state index in [0.717, 1.165) is 17.0 Å². The van der Waals surface area contributed by atoms with Gasteiger partial charge < -0.3 is 0 Å². The number of rotatable bonds is 0. The van der Waals surface area contributed by atoms with E-state index >= 15 is 0 Å². The molecule has 17 heavy (non-hydrogen) atoms. The Kier molecular flexibility index (Phi) is 2.69. The Bertz CT molecular complexity index is 577. The molecule has 1 aromatic heterocycles. The number of hydrogen-bond donors (Lipinski definition) is 0. The van der Waals surface area contributed by atoms with E-state index < -0.39 is 0 Å². The smallest absolute Gasteiger partial charge is 0.126 e. The van der Waals surface area contributed by atoms with E-state index in [1.165, 1.54) is 16.5 Å². The summed E-state index contributed by atoms with van der Waals surface area (Å²) >= 11 is 0. The Balaban J connectivity index is 2.88. The molecule has 2 rings (SSSR count). The van der Waals surface area contributed by atoms with Crippen LogP contribution in [0.15, 0.2) is 12.1 Å². The highest BCUT2D eigenvalue weighted by atomic mass is 14.9. The summed E-state index contributed by atoms with van der Waals surface area (Å²) in [6.45, 7) is 12.8. The standard InChI is InChI=1S/C15H20N2/c1-9-7-12-13(8-10(9)2)16-11(3)17-14(12)15(4,5)6/h7-8H,1-6H3. The van der Waals surface area contributed by atoms with E-state index in [4.69, 9.17) is 0 Å². The molecule has 0 bridgehead atoms. The van der Waals surface area contributed by atoms with Gasteiger partial charge in [-0.15, -0.1) is 0 Å². The minimum Gasteiger partial charge on any atom is -0.237 e. The van der Waals surface area contributed by atoms with Crippen molar-refractivity contribution in [1.29, 1.82) is 0 Å². The highest BCUT2D eigenvalue weighted by molar-refractivity contribution is 5.83. The van der Waals surface area contributed by atoms with Gasteiger partial charge in [-0.3, -0.25) is 0 Å². The van der Waals surface area contributed by atoms with Crippen molar-refractivity contribution in [1.82, 2.24) is 9.97 Å². The van der Waals surface area contributed by atoms with Crippen molar-refractivity contribution in [3.8, 4) is 0 Å². The van der Waals surface area contributed by atoms with Gasteiger partial charge in [0.05, 0.1) is 11.2 Å². The summed E-state index contributed by atoms with van der Waals surface area (Å²) in [5.41, 5.74) is 4.84. The largest absolute Gasteiger partial charge is 0.237 e. The summed E-state index contributed by atoms with van der Waals surface area (Å²) in [4.78, 5) is 9.17. The first-order valence-corrected chi connectivity index (χ1v) is 6.05. The molecule has 0 aliphatic rings. The third-order valence-corrected chi connectivity index (χ3v) is 3.13. The molecule has 0 saturated carbocycles. The minimum atomic E-state index is 0.0493. The SMILES string of the molecule is Cc1nc(C(C)(C)C)c2cc(C)c(C)cc2n1. The lowest BCUT2D eigenvalue weighted by Gasteiger charge is -2.20. The van der Waals surface area contributed by atoms with E-state index in [1.54, 1.807) is 0 Å². The van der Waals surface area contributed by atoms with E-state index in [1.807, 2.05) is 6.92 Å². The molecule has 2 nitrogen and oxygen atoms in total. The average Bonchev–Trinajstić information content (AvgIpc) is 2.18. The molecule has 1 aromatic carbocycles. The molecular formula is C15H20N2. The second-order valence-electron chi connectivity index (χ2n) is 5.82. The van der Waals surface area contributed by atoms with E-state index in [2.05, 4.69) is 56.7 Å². The van der Waals surface area contributed by atoms with Gasteiger partial charge in [0.1, 0.15) is 5.82 Å². The van der Waals surface area contributed by atoms with Gasteiger partial charge in [-0.05, 0) is 44.0 Å². The first-order chi connectivity index (χ1) is 7.79. The quantitative estimate of drug-likeness (QED) is 0.684. The van der Waals surface area contributed by atoms with Crippen LogP contribution in [0.25, 0.3) is 10.9 Å². The maximum Gasteiger partial charge on any atom is 0.126 e. The molecule has 0 spiro atoms. The van der Waals surface area contributed by atoms with Gasteiger partial charge in [0.2, 0.25) is 0 Å². The maximum absolute atomic E-state index is 4.63. The lowest BCUT2D eigenvalue weighted by Crippen LogP contribution is -2.15. The van der Waals surface area contributed by atoms with Gasteiger partial charge in [-0.1, -0.05) is 20.8 Å². The number of benzene rings is 1. The zero-order valence-electron chi connectivity index (χ0n) is 11.5. The molecule has 2 aromatic rings. The van der Waals surface area contributed by atoms with Crippen molar-refractivity contribution in [2.75, 3.05) is 0 Å². The summed E-state index contributed by atoms with van der Waals surface area (Å²) < 4.78 is 0. The van der Waals surface area contributed by atoms with Crippen molar-refractivity contribution in [3.63, 3.8) is 0 Å². The summed E-state index contributed by atoms with van der Waals surface area (Å²) in [6, 6.07) is 4.37. The summed E-state index contributed by atoms with van der Waals surface area (Å²) in [5.74, 6) is 0.852. The fraction of sp³-hybridized carbons (Fsp3) is 0.467. The van der Waals surface area contributed by atoms with E-state index in [-0.39, 0.29) is 5.41 Å². The predicted octanol–water partition coefficient (Wildman–Crippen LogP) is 3.85. The minimum absolute atomic E-state index is 0.0493. The molecule has 0 aliphatic heterocycles. The normalized spacial score (nSPS) is 12.1. The van der Waals surface area contributed by atoms with Crippen LogP contribution in [-0.2, 0) is 5.41 Å². The topological polar surface area (TPSA) is 25.8 Å². The Hall–Kier alpha value is -1.44. The molecule has 0 fully saturated rings. The summed E-state index contributed by atoms with van der Waals surface area (Å²) in [6.07, 6.45) is 0. The zero-order chi connectivity index (χ0) is 12.8. The first-order valence-electron chi connectivity index (χ1n) is 6.05. The Labute approximate surface area is 103 Å². The van der Waals surface area contributed by atoms with Crippen LogP contribution in [0.5, 0.6) is 0 Å². The second-order valence-corrected chi connectivity index (χ2v) is 5.82. The fourth-order valence-electron chi connectivity index (χ4n) is 2.08. The van der Waals surface area contributed by atoms with Gasteiger partial charge >= 0.3 is 0 Å². The molecule has 90 valence electrons. The highest BCUT2D eigenvalue weighted by Crippen LogP contribution is 2.29. The summed E-state index contributed by atoms with van der Waals surface area (Å²) in [7, 11) is 0. The third kappa shape index (κ3) is 2.17. The second kappa shape index (κ2) is 3.80. The number of aromatic nitrogens is 2. The molecule has 0 N–H and O–H groups in total. The van der Waals surface area contributed by atoms with Gasteiger partial charge in [-0.25, -0.2) is 9.97 Å². The number of fused-ring (bicyclic) bond motifs is 1. The fourth-order valence-corrected chi connectivity index (χ4v) is 2.08. The Morgan fingerprint density at radius 2 is 1.47 bits per heavy atom. The molecule has 0 atom stereocenters. The molecule has 0 amide bonds. The van der Waals surface area contributed by atoms with Crippen LogP contribution in [0.4, 0.5) is 0 Å². The van der Waals surface area contributed by atoms with Crippen LogP contribution < -0.4 is 0 Å². The molecule has 2 heteroatoms. The Morgan fingerprint density at radius 1 is 0.882 bits per heavy atom. The molecule has 0 saturated heterocycles. The monoisotopic (exact) mass is 228 g/mol. The predicted molar refractivity (Wildman–Crippen MR) is 72.4 cm³/mol. The van der Waals surface area contributed by atoms with Crippen molar-refractivity contribution < 1.29 is 0 Å². The van der Waals surface area contributed by atoms with Crippen LogP contribution in [0.1, 0.15) is 43.4 Å².